The molecule has 3 rings (SSSR count). The number of aryl methyl sites for hydroxylation is 1. The number of nitrogens with one attached hydrogen (secondary N) is 1. The van der Waals surface area contributed by atoms with Gasteiger partial charge in [0.05, 0.1) is 12.0 Å². The molecule has 0 aliphatic heterocycles. The molecule has 0 fully saturated rings. The van der Waals surface area contributed by atoms with E-state index in [1.165, 1.54) is 0 Å². The van der Waals surface area contributed by atoms with Crippen LogP contribution in [-0.2, 0) is 0 Å². The summed E-state index contributed by atoms with van der Waals surface area (Å²) in [6.45, 7) is 4.78. The van der Waals surface area contributed by atoms with Crippen molar-refractivity contribution in [3.8, 4) is 17.1 Å². The molecular weight excluding hydrogens is 302 g/mol. The van der Waals surface area contributed by atoms with Gasteiger partial charge >= 0.3 is 0 Å². The van der Waals surface area contributed by atoms with Crippen LogP contribution in [0.3, 0.4) is 0 Å². The molecule has 2 heterocycles. The third-order valence-electron chi connectivity index (χ3n) is 3.81. The molecule has 1 amide bonds. The lowest BCUT2D eigenvalue weighted by atomic mass is 10.2. The molecule has 0 saturated heterocycles. The second-order valence-electron chi connectivity index (χ2n) is 5.75. The molecule has 0 aliphatic carbocycles. The van der Waals surface area contributed by atoms with Crippen molar-refractivity contribution >= 4 is 5.91 Å². The summed E-state index contributed by atoms with van der Waals surface area (Å²) in [4.78, 5) is 12.6. The molecule has 0 unspecified atom stereocenters. The number of carbonyl (C=O) groups is 1. The molecule has 124 valence electrons. The van der Waals surface area contributed by atoms with E-state index in [0.717, 1.165) is 24.1 Å². The summed E-state index contributed by atoms with van der Waals surface area (Å²) >= 11 is 0. The number of hydrogen-bond donors (Lipinski definition) is 1. The molecule has 0 spiro atoms. The van der Waals surface area contributed by atoms with Crippen LogP contribution < -0.4 is 5.32 Å². The lowest BCUT2D eigenvalue weighted by Gasteiger charge is -2.08. The predicted octanol–water partition coefficient (Wildman–Crippen LogP) is 3.97. The molecular formula is C19H21N3O2. The van der Waals surface area contributed by atoms with Gasteiger partial charge in [0.25, 0.3) is 5.91 Å². The third-order valence-corrected chi connectivity index (χ3v) is 3.81. The zero-order chi connectivity index (χ0) is 16.9. The minimum atomic E-state index is -0.130. The zero-order valence-corrected chi connectivity index (χ0v) is 14.0. The van der Waals surface area contributed by atoms with E-state index >= 15 is 0 Å². The Morgan fingerprint density at radius 2 is 2.04 bits per heavy atom. The molecule has 0 atom stereocenters. The molecule has 0 saturated carbocycles. The molecule has 0 radical (unpaired) electrons. The van der Waals surface area contributed by atoms with Gasteiger partial charge in [-0.2, -0.15) is 5.10 Å². The van der Waals surface area contributed by atoms with Gasteiger partial charge in [0.1, 0.15) is 11.4 Å². The molecule has 3 aromatic rings. The van der Waals surface area contributed by atoms with Crippen molar-refractivity contribution in [3.63, 3.8) is 0 Å². The maximum Gasteiger partial charge on any atom is 0.270 e. The largest absolute Gasteiger partial charge is 0.463 e. The highest BCUT2D eigenvalue weighted by Gasteiger charge is 2.18. The summed E-state index contributed by atoms with van der Waals surface area (Å²) in [5, 5.41) is 7.51. The number of unbranched alkanes of at least 4 members (excludes halogenated alkanes) is 1. The van der Waals surface area contributed by atoms with Crippen LogP contribution in [0.5, 0.6) is 0 Å². The van der Waals surface area contributed by atoms with Crippen molar-refractivity contribution < 1.29 is 9.21 Å². The van der Waals surface area contributed by atoms with Gasteiger partial charge in [-0.25, -0.2) is 4.68 Å². The second-order valence-corrected chi connectivity index (χ2v) is 5.75. The smallest absolute Gasteiger partial charge is 0.270 e. The van der Waals surface area contributed by atoms with Crippen molar-refractivity contribution in [3.05, 3.63) is 60.0 Å². The van der Waals surface area contributed by atoms with Gasteiger partial charge < -0.3 is 9.73 Å². The lowest BCUT2D eigenvalue weighted by Crippen LogP contribution is -2.26. The summed E-state index contributed by atoms with van der Waals surface area (Å²) in [6, 6.07) is 13.3. The first kappa shape index (κ1) is 16.1. The molecule has 5 heteroatoms. The lowest BCUT2D eigenvalue weighted by molar-refractivity contribution is 0.0945. The maximum atomic E-state index is 12.6. The van der Waals surface area contributed by atoms with Crippen LogP contribution in [0, 0.1) is 6.92 Å². The van der Waals surface area contributed by atoms with Crippen molar-refractivity contribution in [1.29, 1.82) is 0 Å². The number of carbonyl (C=O) groups excluding carboxylic acids is 1. The molecule has 24 heavy (non-hydrogen) atoms. The van der Waals surface area contributed by atoms with Crippen LogP contribution in [0.1, 0.15) is 35.8 Å². The normalized spacial score (nSPS) is 10.8. The summed E-state index contributed by atoms with van der Waals surface area (Å²) in [5.41, 5.74) is 3.15. The van der Waals surface area contributed by atoms with E-state index in [4.69, 9.17) is 4.42 Å². The average Bonchev–Trinajstić information content (AvgIpc) is 3.25. The Morgan fingerprint density at radius 3 is 2.71 bits per heavy atom. The molecule has 2 aromatic heterocycles. The Balaban J connectivity index is 1.98. The van der Waals surface area contributed by atoms with Gasteiger partial charge in [-0.15, -0.1) is 0 Å². The number of nitrogens with zero attached hydrogens (tertiary/aromatic N) is 2. The maximum absolute atomic E-state index is 12.6. The van der Waals surface area contributed by atoms with E-state index in [9.17, 15) is 4.79 Å². The third kappa shape index (κ3) is 3.40. The number of hydrogen-bond acceptors (Lipinski definition) is 3. The van der Waals surface area contributed by atoms with Gasteiger partial charge in [-0.05, 0) is 37.6 Å². The molecule has 5 nitrogen and oxygen atoms in total. The number of benzene rings is 1. The van der Waals surface area contributed by atoms with Gasteiger partial charge in [-0.3, -0.25) is 4.79 Å². The predicted molar refractivity (Wildman–Crippen MR) is 93.2 cm³/mol. The van der Waals surface area contributed by atoms with Crippen molar-refractivity contribution in [2.24, 2.45) is 0 Å². The summed E-state index contributed by atoms with van der Waals surface area (Å²) in [6.07, 6.45) is 3.59. The number of aromatic nitrogens is 2. The Kier molecular flexibility index (Phi) is 4.79. The summed E-state index contributed by atoms with van der Waals surface area (Å²) < 4.78 is 7.08. The summed E-state index contributed by atoms with van der Waals surface area (Å²) in [7, 11) is 0. The van der Waals surface area contributed by atoms with Crippen molar-refractivity contribution in [2.75, 3.05) is 6.54 Å². The Morgan fingerprint density at radius 1 is 1.25 bits per heavy atom. The topological polar surface area (TPSA) is 60.1 Å². The van der Waals surface area contributed by atoms with Gasteiger partial charge in [0.2, 0.25) is 0 Å². The standard InChI is InChI=1S/C19H21N3O2/c1-3-4-11-20-19(23)17-13-16(18-6-5-12-24-18)21-22(17)15-9-7-14(2)8-10-15/h5-10,12-13H,3-4,11H2,1-2H3,(H,20,23). The highest BCUT2D eigenvalue weighted by atomic mass is 16.3. The zero-order valence-electron chi connectivity index (χ0n) is 14.0. The van der Waals surface area contributed by atoms with Crippen molar-refractivity contribution in [2.45, 2.75) is 26.7 Å². The fourth-order valence-corrected chi connectivity index (χ4v) is 2.44. The van der Waals surface area contributed by atoms with E-state index < -0.39 is 0 Å². The summed E-state index contributed by atoms with van der Waals surface area (Å²) in [5.74, 6) is 0.512. The van der Waals surface area contributed by atoms with E-state index in [2.05, 4.69) is 17.3 Å². The van der Waals surface area contributed by atoms with Gasteiger partial charge in [-0.1, -0.05) is 31.0 Å². The first-order valence-corrected chi connectivity index (χ1v) is 8.18. The Bertz CT molecular complexity index is 802. The Hall–Kier alpha value is -2.82. The fraction of sp³-hybridized carbons (Fsp3) is 0.263. The van der Waals surface area contributed by atoms with Crippen LogP contribution in [-0.4, -0.2) is 22.2 Å². The molecule has 1 aromatic carbocycles. The van der Waals surface area contributed by atoms with E-state index in [1.54, 1.807) is 23.1 Å². The first-order valence-electron chi connectivity index (χ1n) is 8.18. The first-order chi connectivity index (χ1) is 11.7. The van der Waals surface area contributed by atoms with E-state index in [1.807, 2.05) is 37.3 Å². The van der Waals surface area contributed by atoms with Gasteiger partial charge in [0, 0.05) is 12.6 Å². The van der Waals surface area contributed by atoms with Crippen molar-refractivity contribution in [1.82, 2.24) is 15.1 Å². The second kappa shape index (κ2) is 7.17. The minimum Gasteiger partial charge on any atom is -0.463 e. The highest BCUT2D eigenvalue weighted by molar-refractivity contribution is 5.94. The number of furan rings is 1. The van der Waals surface area contributed by atoms with Crippen LogP contribution in [0.2, 0.25) is 0 Å². The molecule has 1 N–H and O–H groups in total. The van der Waals surface area contributed by atoms with Gasteiger partial charge in [0.15, 0.2) is 5.76 Å². The minimum absolute atomic E-state index is 0.130. The van der Waals surface area contributed by atoms with Crippen LogP contribution >= 0.6 is 0 Å². The highest BCUT2D eigenvalue weighted by Crippen LogP contribution is 2.22. The molecule has 0 bridgehead atoms. The van der Waals surface area contributed by atoms with Crippen LogP contribution in [0.25, 0.3) is 17.1 Å². The van der Waals surface area contributed by atoms with Crippen LogP contribution in [0.15, 0.2) is 53.1 Å². The van der Waals surface area contributed by atoms with E-state index in [0.29, 0.717) is 23.7 Å². The number of rotatable bonds is 6. The quantitative estimate of drug-likeness (QED) is 0.698. The SMILES string of the molecule is CCCCNC(=O)c1cc(-c2ccco2)nn1-c1ccc(C)cc1. The monoisotopic (exact) mass is 323 g/mol. The fourth-order valence-electron chi connectivity index (χ4n) is 2.44. The molecule has 0 aliphatic rings. The average molecular weight is 323 g/mol. The van der Waals surface area contributed by atoms with E-state index in [-0.39, 0.29) is 5.91 Å². The Labute approximate surface area is 141 Å². The van der Waals surface area contributed by atoms with Crippen LogP contribution in [0.4, 0.5) is 0 Å². The number of amides is 1.